The van der Waals surface area contributed by atoms with Crippen molar-refractivity contribution in [1.82, 2.24) is 0 Å². The fourth-order valence-electron chi connectivity index (χ4n) is 5.40. The van der Waals surface area contributed by atoms with Crippen LogP contribution in [0.25, 0.3) is 22.3 Å². The Hall–Kier alpha value is -3.61. The summed E-state index contributed by atoms with van der Waals surface area (Å²) in [5.74, 6) is 0. The van der Waals surface area contributed by atoms with Gasteiger partial charge >= 0.3 is 0 Å². The van der Waals surface area contributed by atoms with E-state index in [-0.39, 0.29) is 5.41 Å². The predicted octanol–water partition coefficient (Wildman–Crippen LogP) is 8.37. The molecular weight excluding hydrogens is 408 g/mol. The molecule has 0 radical (unpaired) electrons. The van der Waals surface area contributed by atoms with E-state index in [1.54, 1.807) is 0 Å². The van der Waals surface area contributed by atoms with Crippen LogP contribution in [-0.2, 0) is 5.41 Å². The van der Waals surface area contributed by atoms with Crippen molar-refractivity contribution < 1.29 is 0 Å². The fraction of sp³-hybridized carbons (Fsp3) is 0.0323. The summed E-state index contributed by atoms with van der Waals surface area (Å²) in [5.41, 5.74) is 9.55. The number of hydrogen-bond acceptors (Lipinski definition) is 0. The maximum atomic E-state index is 6.69. The highest BCUT2D eigenvalue weighted by molar-refractivity contribution is 6.33. The Bertz CT molecular complexity index is 1380. The molecule has 1 aliphatic carbocycles. The first-order chi connectivity index (χ1) is 15.8. The van der Waals surface area contributed by atoms with Gasteiger partial charge in [0.25, 0.3) is 0 Å². The van der Waals surface area contributed by atoms with Gasteiger partial charge in [0.2, 0.25) is 0 Å². The van der Waals surface area contributed by atoms with Gasteiger partial charge < -0.3 is 0 Å². The third-order valence-electron chi connectivity index (χ3n) is 6.65. The topological polar surface area (TPSA) is 0 Å². The van der Waals surface area contributed by atoms with Crippen LogP contribution < -0.4 is 0 Å². The van der Waals surface area contributed by atoms with Crippen LogP contribution in [-0.4, -0.2) is 0 Å². The van der Waals surface area contributed by atoms with E-state index in [1.807, 2.05) is 12.1 Å². The normalized spacial score (nSPS) is 13.4. The Morgan fingerprint density at radius 3 is 1.56 bits per heavy atom. The first kappa shape index (κ1) is 19.1. The average molecular weight is 429 g/mol. The fourth-order valence-corrected chi connectivity index (χ4v) is 5.63. The third-order valence-corrected chi connectivity index (χ3v) is 6.98. The Morgan fingerprint density at radius 1 is 0.406 bits per heavy atom. The van der Waals surface area contributed by atoms with Gasteiger partial charge in [-0.2, -0.15) is 0 Å². The van der Waals surface area contributed by atoms with Crippen LogP contribution in [0.2, 0.25) is 5.02 Å². The van der Waals surface area contributed by atoms with Gasteiger partial charge in [-0.15, -0.1) is 0 Å². The van der Waals surface area contributed by atoms with Gasteiger partial charge in [0.15, 0.2) is 0 Å². The smallest absolute Gasteiger partial charge is 0.0713 e. The zero-order valence-corrected chi connectivity index (χ0v) is 18.3. The molecule has 0 spiro atoms. The molecule has 152 valence electrons. The van der Waals surface area contributed by atoms with Gasteiger partial charge in [0, 0.05) is 10.6 Å². The molecule has 1 aliphatic rings. The van der Waals surface area contributed by atoms with Gasteiger partial charge in [-0.3, -0.25) is 0 Å². The van der Waals surface area contributed by atoms with Crippen molar-refractivity contribution in [1.29, 1.82) is 0 Å². The molecule has 0 atom stereocenters. The molecule has 0 aromatic heterocycles. The van der Waals surface area contributed by atoms with E-state index in [9.17, 15) is 0 Å². The maximum Gasteiger partial charge on any atom is 0.0713 e. The molecule has 6 rings (SSSR count). The minimum atomic E-state index is -0.383. The van der Waals surface area contributed by atoms with E-state index in [0.29, 0.717) is 0 Å². The first-order valence-corrected chi connectivity index (χ1v) is 11.3. The molecule has 0 unspecified atom stereocenters. The highest BCUT2D eigenvalue weighted by atomic mass is 35.5. The highest BCUT2D eigenvalue weighted by Gasteiger charge is 2.46. The first-order valence-electron chi connectivity index (χ1n) is 10.9. The van der Waals surface area contributed by atoms with Crippen LogP contribution in [0.4, 0.5) is 0 Å². The lowest BCUT2D eigenvalue weighted by Crippen LogP contribution is -2.28. The largest absolute Gasteiger partial charge is 0.0837 e. The van der Waals surface area contributed by atoms with Crippen LogP contribution in [0.5, 0.6) is 0 Å². The van der Waals surface area contributed by atoms with Gasteiger partial charge in [-0.05, 0) is 45.0 Å². The summed E-state index contributed by atoms with van der Waals surface area (Å²) >= 11 is 6.69. The lowest BCUT2D eigenvalue weighted by Gasteiger charge is -2.34. The zero-order valence-electron chi connectivity index (χ0n) is 17.5. The summed E-state index contributed by atoms with van der Waals surface area (Å²) in [7, 11) is 0. The van der Waals surface area contributed by atoms with E-state index in [1.165, 1.54) is 38.9 Å². The van der Waals surface area contributed by atoms with E-state index < -0.39 is 0 Å². The lowest BCUT2D eigenvalue weighted by molar-refractivity contribution is 0.768. The number of halogens is 1. The van der Waals surface area contributed by atoms with Crippen LogP contribution in [0.1, 0.15) is 22.3 Å². The van der Waals surface area contributed by atoms with E-state index in [4.69, 9.17) is 11.6 Å². The summed E-state index contributed by atoms with van der Waals surface area (Å²) in [6, 6.07) is 45.3. The molecule has 5 aromatic rings. The van der Waals surface area contributed by atoms with Crippen LogP contribution in [0, 0.1) is 0 Å². The average Bonchev–Trinajstić information content (AvgIpc) is 3.17. The van der Waals surface area contributed by atoms with Crippen LogP contribution in [0.3, 0.4) is 0 Å². The molecule has 0 bridgehead atoms. The zero-order chi connectivity index (χ0) is 21.5. The van der Waals surface area contributed by atoms with Gasteiger partial charge in [0.1, 0.15) is 0 Å². The number of hydrogen-bond donors (Lipinski definition) is 0. The van der Waals surface area contributed by atoms with Crippen molar-refractivity contribution >= 4 is 11.6 Å². The van der Waals surface area contributed by atoms with E-state index in [2.05, 4.69) is 115 Å². The van der Waals surface area contributed by atoms with Crippen molar-refractivity contribution in [2.75, 3.05) is 0 Å². The molecule has 0 fully saturated rings. The molecule has 0 saturated heterocycles. The van der Waals surface area contributed by atoms with Crippen LogP contribution in [0.15, 0.2) is 127 Å². The SMILES string of the molecule is Clc1ccccc1-c1cccc2c1-c1ccccc1C2(c1ccccc1)c1ccccc1. The second-order valence-electron chi connectivity index (χ2n) is 8.24. The Balaban J connectivity index is 1.79. The van der Waals surface area contributed by atoms with E-state index in [0.717, 1.165) is 10.6 Å². The molecule has 0 amide bonds. The monoisotopic (exact) mass is 428 g/mol. The summed E-state index contributed by atoms with van der Waals surface area (Å²) in [6.07, 6.45) is 0. The standard InChI is InChI=1S/C31H21Cl/c32-29-21-10-8-16-24(29)25-18-11-20-28-30(25)26-17-7-9-19-27(26)31(28,22-12-3-1-4-13-22)23-14-5-2-6-15-23/h1-21H. The van der Waals surface area contributed by atoms with Gasteiger partial charge in [-0.1, -0.05) is 133 Å². The molecule has 0 N–H and O–H groups in total. The number of benzene rings is 5. The Labute approximate surface area is 193 Å². The van der Waals surface area contributed by atoms with Gasteiger partial charge in [0.05, 0.1) is 5.41 Å². The van der Waals surface area contributed by atoms with Crippen molar-refractivity contribution in [2.24, 2.45) is 0 Å². The molecule has 5 aromatic carbocycles. The second-order valence-corrected chi connectivity index (χ2v) is 8.64. The summed E-state index contributed by atoms with van der Waals surface area (Å²) in [5, 5.41) is 0.773. The molecule has 0 heterocycles. The molecule has 32 heavy (non-hydrogen) atoms. The molecule has 0 saturated carbocycles. The third kappa shape index (κ3) is 2.63. The Kier molecular flexibility index (Phi) is 4.48. The van der Waals surface area contributed by atoms with Crippen molar-refractivity contribution in [3.8, 4) is 22.3 Å². The van der Waals surface area contributed by atoms with Crippen LogP contribution >= 0.6 is 11.6 Å². The van der Waals surface area contributed by atoms with E-state index >= 15 is 0 Å². The minimum absolute atomic E-state index is 0.383. The molecular formula is C31H21Cl. The highest BCUT2D eigenvalue weighted by Crippen LogP contribution is 2.58. The second kappa shape index (κ2) is 7.51. The summed E-state index contributed by atoms with van der Waals surface area (Å²) in [4.78, 5) is 0. The molecule has 1 heteroatoms. The van der Waals surface area contributed by atoms with Gasteiger partial charge in [-0.25, -0.2) is 0 Å². The minimum Gasteiger partial charge on any atom is -0.0837 e. The van der Waals surface area contributed by atoms with Crippen molar-refractivity contribution in [2.45, 2.75) is 5.41 Å². The predicted molar refractivity (Wildman–Crippen MR) is 134 cm³/mol. The maximum absolute atomic E-state index is 6.69. The molecule has 0 aliphatic heterocycles. The summed E-state index contributed by atoms with van der Waals surface area (Å²) in [6.45, 7) is 0. The number of rotatable bonds is 3. The molecule has 0 nitrogen and oxygen atoms in total. The lowest BCUT2D eigenvalue weighted by atomic mass is 9.67. The van der Waals surface area contributed by atoms with Crippen molar-refractivity contribution in [3.63, 3.8) is 0 Å². The Morgan fingerprint density at radius 2 is 0.906 bits per heavy atom. The van der Waals surface area contributed by atoms with Crippen molar-refractivity contribution in [3.05, 3.63) is 155 Å². The number of fused-ring (bicyclic) bond motifs is 3. The summed E-state index contributed by atoms with van der Waals surface area (Å²) < 4.78 is 0. The quantitative estimate of drug-likeness (QED) is 0.265.